The molecule has 1 rings (SSSR count). The number of rotatable bonds is 4. The number of carbonyl (C=O) groups excluding carboxylic acids is 1. The third kappa shape index (κ3) is 4.39. The Bertz CT molecular complexity index is 383. The van der Waals surface area contributed by atoms with Gasteiger partial charge < -0.3 is 16.2 Å². The fraction of sp³-hybridized carbons (Fsp3) is 0.700. The van der Waals surface area contributed by atoms with E-state index >= 15 is 0 Å². The van der Waals surface area contributed by atoms with Crippen LogP contribution in [0.1, 0.15) is 37.7 Å². The maximum absolute atomic E-state index is 11.5. The molecular formula is C10H18N4O3. The van der Waals surface area contributed by atoms with Crippen molar-refractivity contribution >= 4 is 11.7 Å². The van der Waals surface area contributed by atoms with E-state index in [2.05, 4.69) is 20.3 Å². The fourth-order valence-electron chi connectivity index (χ4n) is 1.43. The summed E-state index contributed by atoms with van der Waals surface area (Å²) < 4.78 is 4.31. The number of carbonyl (C=O) groups is 1. The van der Waals surface area contributed by atoms with E-state index in [4.69, 9.17) is 5.73 Å². The summed E-state index contributed by atoms with van der Waals surface area (Å²) >= 11 is 0. The van der Waals surface area contributed by atoms with Gasteiger partial charge in [0, 0.05) is 6.54 Å². The zero-order chi connectivity index (χ0) is 13.1. The lowest BCUT2D eigenvalue weighted by Crippen LogP contribution is -2.34. The van der Waals surface area contributed by atoms with Gasteiger partial charge in [-0.05, 0) is 22.1 Å². The van der Waals surface area contributed by atoms with Crippen LogP contribution >= 0.6 is 0 Å². The summed E-state index contributed by atoms with van der Waals surface area (Å²) in [6.07, 6.45) is -0.0279. The predicted molar refractivity (Wildman–Crippen MR) is 61.1 cm³/mol. The predicted octanol–water partition coefficient (Wildman–Crippen LogP) is 0.179. The molecule has 0 fully saturated rings. The molecule has 0 radical (unpaired) electrons. The first-order chi connectivity index (χ1) is 7.79. The molecule has 0 aromatic carbocycles. The lowest BCUT2D eigenvalue weighted by atomic mass is 9.89. The van der Waals surface area contributed by atoms with E-state index in [-0.39, 0.29) is 23.5 Å². The largest absolute Gasteiger partial charge is 0.391 e. The van der Waals surface area contributed by atoms with E-state index < -0.39 is 12.0 Å². The van der Waals surface area contributed by atoms with Crippen molar-refractivity contribution in [2.24, 2.45) is 5.41 Å². The van der Waals surface area contributed by atoms with Crippen LogP contribution in [0.2, 0.25) is 0 Å². The SMILES string of the molecule is CC(C)(C)CC(O)CNC(=O)c1nonc1N. The molecule has 0 spiro atoms. The first kappa shape index (κ1) is 13.4. The Hall–Kier alpha value is -1.63. The van der Waals surface area contributed by atoms with E-state index in [9.17, 15) is 9.90 Å². The van der Waals surface area contributed by atoms with Gasteiger partial charge in [0.1, 0.15) is 0 Å². The van der Waals surface area contributed by atoms with E-state index in [0.29, 0.717) is 6.42 Å². The molecule has 0 saturated heterocycles. The molecule has 0 aliphatic heterocycles. The first-order valence-electron chi connectivity index (χ1n) is 5.34. The number of nitrogen functional groups attached to an aromatic ring is 1. The van der Waals surface area contributed by atoms with E-state index in [0.717, 1.165) is 0 Å². The van der Waals surface area contributed by atoms with Gasteiger partial charge in [0.05, 0.1) is 6.10 Å². The minimum Gasteiger partial charge on any atom is -0.391 e. The average molecular weight is 242 g/mol. The van der Waals surface area contributed by atoms with Crippen molar-refractivity contribution in [3.8, 4) is 0 Å². The third-order valence-electron chi connectivity index (χ3n) is 2.08. The summed E-state index contributed by atoms with van der Waals surface area (Å²) in [6.45, 7) is 6.18. The molecule has 1 amide bonds. The van der Waals surface area contributed by atoms with Crippen molar-refractivity contribution in [2.75, 3.05) is 12.3 Å². The van der Waals surface area contributed by atoms with Gasteiger partial charge in [0.2, 0.25) is 11.5 Å². The Morgan fingerprint density at radius 2 is 2.18 bits per heavy atom. The second-order valence-electron chi connectivity index (χ2n) is 5.13. The van der Waals surface area contributed by atoms with E-state index in [1.54, 1.807) is 0 Å². The number of nitrogens with two attached hydrogens (primary N) is 1. The highest BCUT2D eigenvalue weighted by atomic mass is 16.6. The molecule has 96 valence electrons. The number of nitrogens with zero attached hydrogens (tertiary/aromatic N) is 2. The van der Waals surface area contributed by atoms with Crippen molar-refractivity contribution in [3.05, 3.63) is 5.69 Å². The zero-order valence-electron chi connectivity index (χ0n) is 10.2. The van der Waals surface area contributed by atoms with Gasteiger partial charge in [-0.2, -0.15) is 0 Å². The third-order valence-corrected chi connectivity index (χ3v) is 2.08. The quantitative estimate of drug-likeness (QED) is 0.693. The second-order valence-corrected chi connectivity index (χ2v) is 5.13. The lowest BCUT2D eigenvalue weighted by Gasteiger charge is -2.22. The molecular weight excluding hydrogens is 224 g/mol. The fourth-order valence-corrected chi connectivity index (χ4v) is 1.43. The number of aromatic nitrogens is 2. The monoisotopic (exact) mass is 242 g/mol. The molecule has 0 aliphatic rings. The smallest absolute Gasteiger partial charge is 0.277 e. The summed E-state index contributed by atoms with van der Waals surface area (Å²) in [4.78, 5) is 11.5. The van der Waals surface area contributed by atoms with Gasteiger partial charge in [0.15, 0.2) is 0 Å². The number of aliphatic hydroxyl groups excluding tert-OH is 1. The molecule has 1 aromatic rings. The summed E-state index contributed by atoms with van der Waals surface area (Å²) in [7, 11) is 0. The van der Waals surface area contributed by atoms with Crippen LogP contribution in [0, 0.1) is 5.41 Å². The molecule has 4 N–H and O–H groups in total. The number of nitrogens with one attached hydrogen (secondary N) is 1. The molecule has 0 saturated carbocycles. The summed E-state index contributed by atoms with van der Waals surface area (Å²) in [5.41, 5.74) is 5.30. The average Bonchev–Trinajstić information content (AvgIpc) is 2.58. The maximum Gasteiger partial charge on any atom is 0.277 e. The van der Waals surface area contributed by atoms with Crippen LogP contribution in [0.5, 0.6) is 0 Å². The number of amides is 1. The van der Waals surface area contributed by atoms with Gasteiger partial charge in [-0.3, -0.25) is 4.79 Å². The molecule has 0 aliphatic carbocycles. The molecule has 17 heavy (non-hydrogen) atoms. The van der Waals surface area contributed by atoms with Gasteiger partial charge in [0.25, 0.3) is 5.91 Å². The molecule has 1 atom stereocenters. The Balaban J connectivity index is 2.42. The minimum absolute atomic E-state index is 0.00137. The minimum atomic E-state index is -0.611. The van der Waals surface area contributed by atoms with Gasteiger partial charge in [-0.25, -0.2) is 4.63 Å². The number of hydrogen-bond acceptors (Lipinski definition) is 6. The highest BCUT2D eigenvalue weighted by molar-refractivity contribution is 5.95. The van der Waals surface area contributed by atoms with Gasteiger partial charge in [-0.1, -0.05) is 20.8 Å². The van der Waals surface area contributed by atoms with Gasteiger partial charge in [-0.15, -0.1) is 0 Å². The molecule has 7 heteroatoms. The number of hydrogen-bond donors (Lipinski definition) is 3. The van der Waals surface area contributed by atoms with Crippen molar-refractivity contribution in [1.29, 1.82) is 0 Å². The normalized spacial score (nSPS) is 13.4. The van der Waals surface area contributed by atoms with Crippen LogP contribution in [0.3, 0.4) is 0 Å². The summed E-state index contributed by atoms with van der Waals surface area (Å²) in [6, 6.07) is 0. The first-order valence-corrected chi connectivity index (χ1v) is 5.34. The molecule has 7 nitrogen and oxygen atoms in total. The maximum atomic E-state index is 11.5. The molecule has 1 aromatic heterocycles. The topological polar surface area (TPSA) is 114 Å². The number of anilines is 1. The molecule has 0 bridgehead atoms. The van der Waals surface area contributed by atoms with Crippen molar-refractivity contribution in [1.82, 2.24) is 15.6 Å². The Morgan fingerprint density at radius 3 is 2.65 bits per heavy atom. The standard InChI is InChI=1S/C10H18N4O3/c1-10(2,3)4-6(15)5-12-9(16)7-8(11)14-17-13-7/h6,15H,4-5H2,1-3H3,(H2,11,14)(H,12,16). The van der Waals surface area contributed by atoms with E-state index in [1.165, 1.54) is 0 Å². The number of aliphatic hydroxyl groups is 1. The van der Waals surface area contributed by atoms with Crippen LogP contribution < -0.4 is 11.1 Å². The van der Waals surface area contributed by atoms with Crippen molar-refractivity contribution < 1.29 is 14.5 Å². The van der Waals surface area contributed by atoms with Crippen molar-refractivity contribution in [2.45, 2.75) is 33.3 Å². The Morgan fingerprint density at radius 1 is 1.53 bits per heavy atom. The molecule has 1 heterocycles. The Labute approximate surface area is 99.3 Å². The molecule has 1 unspecified atom stereocenters. The highest BCUT2D eigenvalue weighted by Crippen LogP contribution is 2.20. The van der Waals surface area contributed by atoms with Crippen molar-refractivity contribution in [3.63, 3.8) is 0 Å². The summed E-state index contributed by atoms with van der Waals surface area (Å²) in [5.74, 6) is -0.565. The summed E-state index contributed by atoms with van der Waals surface area (Å²) in [5, 5.41) is 18.9. The van der Waals surface area contributed by atoms with Crippen LogP contribution in [0.15, 0.2) is 4.63 Å². The van der Waals surface area contributed by atoms with Crippen LogP contribution in [-0.4, -0.2) is 34.0 Å². The Kier molecular flexibility index (Phi) is 4.06. The zero-order valence-corrected chi connectivity index (χ0v) is 10.2. The lowest BCUT2D eigenvalue weighted by molar-refractivity contribution is 0.0860. The van der Waals surface area contributed by atoms with E-state index in [1.807, 2.05) is 20.8 Å². The van der Waals surface area contributed by atoms with Crippen LogP contribution in [0.4, 0.5) is 5.82 Å². The highest BCUT2D eigenvalue weighted by Gasteiger charge is 2.19. The second kappa shape index (κ2) is 5.13. The van der Waals surface area contributed by atoms with Gasteiger partial charge >= 0.3 is 0 Å². The van der Waals surface area contributed by atoms with Crippen LogP contribution in [-0.2, 0) is 0 Å². The van der Waals surface area contributed by atoms with Crippen LogP contribution in [0.25, 0.3) is 0 Å².